The van der Waals surface area contributed by atoms with E-state index in [9.17, 15) is 0 Å². The van der Waals surface area contributed by atoms with Gasteiger partial charge in [-0.05, 0) is 135 Å². The van der Waals surface area contributed by atoms with Gasteiger partial charge in [0.1, 0.15) is 17.3 Å². The predicted molar refractivity (Wildman–Crippen MR) is 372 cm³/mol. The number of ether oxygens (including phenoxy) is 1. The standard InChI is InChI=1S/C82H78N4OSi/c1-79(2,3)58-44-45-83-77(52-58)86-73-39-23-22-38-69(73)70-43-42-64(54-76(70)86)87-63-30-27-29-62(53-63)84-55-85(75-41-25-24-40-74(75)84)78-71(50-61(82(10,11)12)51-72(78)57-46-59(80(4,5)6)49-60(47-57)81(7,8)9)56-28-26-37-68(48-56)88(65-31-16-13-17-32-65,66-33-18-14-19-34-66)67-35-20-15-21-36-67/h13-54H,1-12H3. The maximum absolute atomic E-state index is 6.96. The van der Waals surface area contributed by atoms with Gasteiger partial charge < -0.3 is 4.74 Å². The molecule has 0 aliphatic carbocycles. The molecule has 13 rings (SSSR count). The summed E-state index contributed by atoms with van der Waals surface area (Å²) in [6.07, 6.45) is 5.99. The summed E-state index contributed by atoms with van der Waals surface area (Å²) < 4.78 is 13.8. The molecule has 5 nitrogen and oxygen atoms in total. The minimum atomic E-state index is -2.95. The van der Waals surface area contributed by atoms with Crippen molar-refractivity contribution in [2.24, 2.45) is 0 Å². The van der Waals surface area contributed by atoms with Crippen molar-refractivity contribution < 1.29 is 9.30 Å². The highest BCUT2D eigenvalue weighted by atomic mass is 28.3. The lowest BCUT2D eigenvalue weighted by Crippen LogP contribution is -2.74. The first kappa shape index (κ1) is 57.7. The molecule has 0 saturated carbocycles. The fraction of sp³-hybridized carbons (Fsp3) is 0.195. The van der Waals surface area contributed by atoms with Crippen LogP contribution in [-0.2, 0) is 21.7 Å². The largest absolute Gasteiger partial charge is 0.458 e. The first-order valence-corrected chi connectivity index (χ1v) is 33.0. The highest BCUT2D eigenvalue weighted by Crippen LogP contribution is 2.43. The number of imidazole rings is 1. The van der Waals surface area contributed by atoms with Gasteiger partial charge >= 0.3 is 0 Å². The molecule has 13 aromatic rings. The molecular weight excluding hydrogens is 1090 g/mol. The van der Waals surface area contributed by atoms with Crippen molar-refractivity contribution >= 4 is 61.7 Å². The summed E-state index contributed by atoms with van der Waals surface area (Å²) in [4.78, 5) is 4.95. The monoisotopic (exact) mass is 1160 g/mol. The lowest BCUT2D eigenvalue weighted by atomic mass is 9.77. The SMILES string of the molecule is CC(C)(C)c1cc(-c2cc(C(C)(C)C)cc(-c3cccc([Si](c4ccccc4)(c4ccccc4)c4ccccc4)c3)c2-[n+]2[c-]n(-c3cccc(Oc4ccc5c6ccccc6n(-c6cc(C(C)(C)C)ccn6)c5c4)c3)c3ccccc32)cc(C(C)(C)C)c1. The highest BCUT2D eigenvalue weighted by molar-refractivity contribution is 7.19. The maximum Gasteiger partial charge on any atom is 0.269 e. The van der Waals surface area contributed by atoms with Gasteiger partial charge in [-0.25, -0.2) is 4.98 Å². The number of para-hydroxylation sites is 3. The summed E-state index contributed by atoms with van der Waals surface area (Å²) in [5, 5.41) is 7.63. The summed E-state index contributed by atoms with van der Waals surface area (Å²) in [6, 6.07) is 92.1. The molecule has 0 bridgehead atoms. The van der Waals surface area contributed by atoms with Crippen LogP contribution in [-0.4, -0.2) is 22.2 Å². The van der Waals surface area contributed by atoms with Gasteiger partial charge in [-0.1, -0.05) is 277 Å². The van der Waals surface area contributed by atoms with Gasteiger partial charge in [-0.2, -0.15) is 0 Å². The number of fused-ring (bicyclic) bond motifs is 4. The Balaban J connectivity index is 1.03. The lowest BCUT2D eigenvalue weighted by Gasteiger charge is -2.35. The fourth-order valence-electron chi connectivity index (χ4n) is 12.9. The number of nitrogens with zero attached hydrogens (tertiary/aromatic N) is 4. The second-order valence-electron chi connectivity index (χ2n) is 27.9. The van der Waals surface area contributed by atoms with Gasteiger partial charge in [0.05, 0.1) is 33.4 Å². The van der Waals surface area contributed by atoms with E-state index < -0.39 is 8.07 Å². The van der Waals surface area contributed by atoms with Gasteiger partial charge in [0.25, 0.3) is 6.33 Å². The van der Waals surface area contributed by atoms with E-state index in [1.807, 2.05) is 12.3 Å². The van der Waals surface area contributed by atoms with Crippen molar-refractivity contribution in [3.05, 3.63) is 283 Å². The number of hydrogen-bond acceptors (Lipinski definition) is 2. The minimum absolute atomic E-state index is 0.0392. The van der Waals surface area contributed by atoms with Crippen LogP contribution in [0, 0.1) is 6.33 Å². The zero-order valence-electron chi connectivity index (χ0n) is 52.9. The second-order valence-corrected chi connectivity index (χ2v) is 31.8. The van der Waals surface area contributed by atoms with Crippen LogP contribution in [0.4, 0.5) is 0 Å². The van der Waals surface area contributed by atoms with E-state index in [0.717, 1.165) is 72.8 Å². The number of rotatable bonds is 11. The normalized spacial score (nSPS) is 12.5. The van der Waals surface area contributed by atoms with Crippen LogP contribution in [0.3, 0.4) is 0 Å². The molecule has 0 amide bonds. The molecule has 3 heterocycles. The first-order valence-electron chi connectivity index (χ1n) is 31.0. The van der Waals surface area contributed by atoms with Crippen LogP contribution in [0.25, 0.3) is 72.3 Å². The molecular formula is C82H78N4OSi. The third-order valence-electron chi connectivity index (χ3n) is 17.8. The maximum atomic E-state index is 6.96. The van der Waals surface area contributed by atoms with Crippen molar-refractivity contribution in [3.63, 3.8) is 0 Å². The van der Waals surface area contributed by atoms with Crippen molar-refractivity contribution in [2.45, 2.75) is 105 Å². The van der Waals surface area contributed by atoms with Crippen molar-refractivity contribution in [2.75, 3.05) is 0 Å². The molecule has 0 radical (unpaired) electrons. The van der Waals surface area contributed by atoms with E-state index >= 15 is 0 Å². The third-order valence-corrected chi connectivity index (χ3v) is 22.5. The highest BCUT2D eigenvalue weighted by Gasteiger charge is 2.42. The topological polar surface area (TPSA) is 35.9 Å². The molecule has 0 atom stereocenters. The summed E-state index contributed by atoms with van der Waals surface area (Å²) >= 11 is 0. The van der Waals surface area contributed by atoms with Gasteiger partial charge in [-0.3, -0.25) is 13.7 Å². The summed E-state index contributed by atoms with van der Waals surface area (Å²) in [5.41, 5.74) is 15.4. The van der Waals surface area contributed by atoms with Crippen LogP contribution < -0.4 is 30.1 Å². The van der Waals surface area contributed by atoms with Crippen LogP contribution in [0.15, 0.2) is 255 Å². The third kappa shape index (κ3) is 10.6. The van der Waals surface area contributed by atoms with E-state index in [2.05, 4.69) is 346 Å². The molecule has 3 aromatic heterocycles. The predicted octanol–water partition coefficient (Wildman–Crippen LogP) is 17.9. The van der Waals surface area contributed by atoms with E-state index in [1.54, 1.807) is 0 Å². The Morgan fingerprint density at radius 1 is 0.386 bits per heavy atom. The number of benzene rings is 10. The molecule has 10 aromatic carbocycles. The van der Waals surface area contributed by atoms with Crippen LogP contribution in [0.5, 0.6) is 11.5 Å². The molecule has 0 fully saturated rings. The van der Waals surface area contributed by atoms with E-state index in [-0.39, 0.29) is 21.7 Å². The summed E-state index contributed by atoms with van der Waals surface area (Å²) in [5.74, 6) is 2.33. The quantitative estimate of drug-likeness (QED) is 0.0560. The smallest absolute Gasteiger partial charge is 0.269 e. The Morgan fingerprint density at radius 2 is 0.898 bits per heavy atom. The van der Waals surface area contributed by atoms with Crippen molar-refractivity contribution in [1.29, 1.82) is 0 Å². The van der Waals surface area contributed by atoms with Gasteiger partial charge in [-0.15, -0.1) is 0 Å². The number of pyridine rings is 1. The van der Waals surface area contributed by atoms with Gasteiger partial charge in [0.2, 0.25) is 0 Å². The Morgan fingerprint density at radius 3 is 1.51 bits per heavy atom. The van der Waals surface area contributed by atoms with E-state index in [0.29, 0.717) is 0 Å². The molecule has 0 unspecified atom stereocenters. The van der Waals surface area contributed by atoms with Crippen LogP contribution >= 0.6 is 0 Å². The fourth-order valence-corrected chi connectivity index (χ4v) is 17.7. The molecule has 436 valence electrons. The zero-order valence-corrected chi connectivity index (χ0v) is 53.9. The number of aromatic nitrogens is 4. The van der Waals surface area contributed by atoms with Crippen LogP contribution in [0.2, 0.25) is 0 Å². The van der Waals surface area contributed by atoms with Crippen molar-refractivity contribution in [1.82, 2.24) is 14.1 Å². The molecule has 0 aliphatic rings. The molecule has 0 aliphatic heterocycles. The van der Waals surface area contributed by atoms with Gasteiger partial charge in [0.15, 0.2) is 8.07 Å². The molecule has 88 heavy (non-hydrogen) atoms. The Hall–Kier alpha value is -9.36. The summed E-state index contributed by atoms with van der Waals surface area (Å²) in [7, 11) is -2.95. The molecule has 0 N–H and O–H groups in total. The average molecular weight is 1160 g/mol. The van der Waals surface area contributed by atoms with E-state index in [4.69, 9.17) is 9.72 Å². The summed E-state index contributed by atoms with van der Waals surface area (Å²) in [6.45, 7) is 27.8. The Kier molecular flexibility index (Phi) is 14.5. The van der Waals surface area contributed by atoms with Crippen LogP contribution in [0.1, 0.15) is 105 Å². The Labute approximate surface area is 521 Å². The second kappa shape index (κ2) is 22.1. The molecule has 0 spiro atoms. The van der Waals surface area contributed by atoms with E-state index in [1.165, 1.54) is 54.0 Å². The van der Waals surface area contributed by atoms with Gasteiger partial charge in [0, 0.05) is 23.0 Å². The lowest BCUT2D eigenvalue weighted by molar-refractivity contribution is -0.571. The average Bonchev–Trinajstić information content (AvgIpc) is 1.20. The zero-order chi connectivity index (χ0) is 61.3. The van der Waals surface area contributed by atoms with Crippen molar-refractivity contribution in [3.8, 4) is 50.9 Å². The molecule has 6 heteroatoms. The minimum Gasteiger partial charge on any atom is -0.458 e. The number of hydrogen-bond donors (Lipinski definition) is 0. The first-order chi connectivity index (χ1) is 42.1. The Bertz CT molecular complexity index is 4610. The molecule has 0 saturated heterocycles.